The van der Waals surface area contributed by atoms with Gasteiger partial charge >= 0.3 is 0 Å². The van der Waals surface area contributed by atoms with Crippen LogP contribution in [0.15, 0.2) is 80.9 Å². The number of nitrogens with one attached hydrogen (secondary N) is 1. The summed E-state index contributed by atoms with van der Waals surface area (Å²) in [7, 11) is -6.20. The Bertz CT molecular complexity index is 2040. The van der Waals surface area contributed by atoms with Gasteiger partial charge in [0.05, 0.1) is 21.5 Å². The highest BCUT2D eigenvalue weighted by Crippen LogP contribution is 2.59. The van der Waals surface area contributed by atoms with E-state index in [0.29, 0.717) is 29.2 Å². The smallest absolute Gasteiger partial charge is 0.284 e. The van der Waals surface area contributed by atoms with E-state index < -0.39 is 37.3 Å². The van der Waals surface area contributed by atoms with Crippen molar-refractivity contribution in [3.63, 3.8) is 0 Å². The van der Waals surface area contributed by atoms with Crippen LogP contribution in [0, 0.1) is 5.92 Å². The Morgan fingerprint density at radius 3 is 2.29 bits per heavy atom. The number of primary amides is 1. The van der Waals surface area contributed by atoms with Crippen LogP contribution in [0.5, 0.6) is 0 Å². The molecule has 1 saturated carbocycles. The van der Waals surface area contributed by atoms with Crippen molar-refractivity contribution in [2.24, 2.45) is 16.0 Å². The zero-order chi connectivity index (χ0) is 33.8. The number of hydrogen-bond donors (Lipinski definition) is 2. The zero-order valence-electron chi connectivity index (χ0n) is 26.5. The molecule has 1 aliphatic carbocycles. The highest BCUT2D eigenvalue weighted by Gasteiger charge is 2.59. The van der Waals surface area contributed by atoms with Gasteiger partial charge in [0.2, 0.25) is 5.91 Å². The Balaban J connectivity index is 1.23. The van der Waals surface area contributed by atoms with Crippen molar-refractivity contribution in [1.29, 1.82) is 0 Å². The largest absolute Gasteiger partial charge is 0.366 e. The lowest BCUT2D eigenvalue weighted by atomic mass is 9.70. The van der Waals surface area contributed by atoms with Gasteiger partial charge in [-0.3, -0.25) is 13.9 Å². The average molecular weight is 708 g/mol. The van der Waals surface area contributed by atoms with Gasteiger partial charge in [0.1, 0.15) is 5.84 Å². The summed E-state index contributed by atoms with van der Waals surface area (Å²) in [6.07, 6.45) is 4.84. The van der Waals surface area contributed by atoms with Crippen molar-refractivity contribution in [2.75, 3.05) is 34.7 Å². The van der Waals surface area contributed by atoms with Gasteiger partial charge < -0.3 is 16.0 Å². The fraction of sp³-hybridized carbons (Fsp3) is 0.382. The van der Waals surface area contributed by atoms with Gasteiger partial charge in [0.15, 0.2) is 0 Å². The van der Waals surface area contributed by atoms with Crippen molar-refractivity contribution < 1.29 is 26.4 Å². The number of amidine groups is 1. The molecule has 3 aromatic rings. The quantitative estimate of drug-likeness (QED) is 0.344. The Hall–Kier alpha value is -3.88. The first-order valence-electron chi connectivity index (χ1n) is 16.0. The number of carbonyl (C=O) groups excluding carboxylic acids is 2. The SMILES string of the molecule is CN1CCCC1=NS(=O)(=O)c1cccc(NC(=O)c2ccc3c(c2)C2(CCSCC2)C(C2CC2)N3S(=O)(=O)c2ccc(C(N)=O)cc2)c1. The van der Waals surface area contributed by atoms with Crippen LogP contribution in [-0.2, 0) is 25.5 Å². The molecule has 2 amide bonds. The number of sulfonamides is 2. The van der Waals surface area contributed by atoms with Gasteiger partial charge in [-0.1, -0.05) is 6.07 Å². The molecule has 3 aliphatic heterocycles. The molecular weight excluding hydrogens is 671 g/mol. The summed E-state index contributed by atoms with van der Waals surface area (Å²) in [6.45, 7) is 0.750. The topological polar surface area (TPSA) is 159 Å². The molecule has 0 radical (unpaired) electrons. The number of hydrogen-bond acceptors (Lipinski definition) is 7. The van der Waals surface area contributed by atoms with Crippen LogP contribution in [0.2, 0.25) is 0 Å². The number of rotatable bonds is 8. The third-order valence-corrected chi connectivity index (χ3v) is 14.0. The van der Waals surface area contributed by atoms with Crippen LogP contribution < -0.4 is 15.4 Å². The van der Waals surface area contributed by atoms with Crippen LogP contribution in [0.1, 0.15) is 64.8 Å². The molecule has 48 heavy (non-hydrogen) atoms. The second-order valence-corrected chi connectivity index (χ2v) is 17.6. The van der Waals surface area contributed by atoms with E-state index in [2.05, 4.69) is 9.71 Å². The average Bonchev–Trinajstić information content (AvgIpc) is 3.78. The number of benzene rings is 3. The molecule has 252 valence electrons. The lowest BCUT2D eigenvalue weighted by Gasteiger charge is -2.41. The van der Waals surface area contributed by atoms with Gasteiger partial charge in [-0.25, -0.2) is 8.42 Å². The van der Waals surface area contributed by atoms with Crippen molar-refractivity contribution in [3.05, 3.63) is 83.4 Å². The number of nitrogens with two attached hydrogens (primary N) is 1. The maximum absolute atomic E-state index is 14.4. The molecule has 1 unspecified atom stereocenters. The molecule has 1 spiro atoms. The highest BCUT2D eigenvalue weighted by atomic mass is 32.2. The predicted octanol–water partition coefficient (Wildman–Crippen LogP) is 4.60. The molecule has 2 saturated heterocycles. The molecule has 3 fully saturated rings. The van der Waals surface area contributed by atoms with Gasteiger partial charge in [0.25, 0.3) is 26.0 Å². The third kappa shape index (κ3) is 5.77. The van der Waals surface area contributed by atoms with Crippen LogP contribution in [0.3, 0.4) is 0 Å². The van der Waals surface area contributed by atoms with E-state index in [-0.39, 0.29) is 27.3 Å². The van der Waals surface area contributed by atoms with Gasteiger partial charge in [-0.05, 0) is 116 Å². The van der Waals surface area contributed by atoms with Crippen LogP contribution in [0.4, 0.5) is 11.4 Å². The lowest BCUT2D eigenvalue weighted by Crippen LogP contribution is -2.50. The summed E-state index contributed by atoms with van der Waals surface area (Å²) in [5.41, 5.74) is 7.25. The zero-order valence-corrected chi connectivity index (χ0v) is 28.9. The first-order chi connectivity index (χ1) is 22.9. The molecule has 4 aliphatic rings. The summed E-state index contributed by atoms with van der Waals surface area (Å²) in [6, 6.07) is 16.6. The summed E-state index contributed by atoms with van der Waals surface area (Å²) >= 11 is 1.85. The third-order valence-electron chi connectivity index (χ3n) is 9.95. The molecule has 3 heterocycles. The second-order valence-electron chi connectivity index (χ2n) is 13.0. The lowest BCUT2D eigenvalue weighted by molar-refractivity contribution is 0.0997. The Morgan fingerprint density at radius 2 is 1.65 bits per heavy atom. The Kier molecular flexibility index (Phi) is 8.31. The molecular formula is C34H37N5O6S3. The maximum Gasteiger partial charge on any atom is 0.284 e. The van der Waals surface area contributed by atoms with E-state index in [9.17, 15) is 26.4 Å². The Morgan fingerprint density at radius 1 is 0.938 bits per heavy atom. The van der Waals surface area contributed by atoms with E-state index in [0.717, 1.165) is 55.7 Å². The molecule has 0 bridgehead atoms. The number of amides is 2. The fourth-order valence-electron chi connectivity index (χ4n) is 7.38. The summed E-state index contributed by atoms with van der Waals surface area (Å²) in [4.78, 5) is 27.3. The number of thioether (sulfide) groups is 1. The van der Waals surface area contributed by atoms with Crippen molar-refractivity contribution >= 4 is 60.8 Å². The van der Waals surface area contributed by atoms with E-state index in [1.807, 2.05) is 29.8 Å². The van der Waals surface area contributed by atoms with Crippen LogP contribution >= 0.6 is 11.8 Å². The van der Waals surface area contributed by atoms with Gasteiger partial charge in [0, 0.05) is 42.2 Å². The Labute approximate surface area is 285 Å². The molecule has 1 atom stereocenters. The minimum absolute atomic E-state index is 0.0160. The van der Waals surface area contributed by atoms with Gasteiger partial charge in [-0.2, -0.15) is 20.2 Å². The number of likely N-dealkylation sites (tertiary alicyclic amines) is 1. The molecule has 14 heteroatoms. The fourth-order valence-corrected chi connectivity index (χ4v) is 11.5. The monoisotopic (exact) mass is 707 g/mol. The second kappa shape index (κ2) is 12.2. The number of anilines is 2. The van der Waals surface area contributed by atoms with E-state index in [4.69, 9.17) is 5.73 Å². The molecule has 7 rings (SSSR count). The first kappa shape index (κ1) is 32.7. The molecule has 3 N–H and O–H groups in total. The summed E-state index contributed by atoms with van der Waals surface area (Å²) in [5, 5.41) is 2.85. The minimum Gasteiger partial charge on any atom is -0.366 e. The number of carbonyl (C=O) groups is 2. The van der Waals surface area contributed by atoms with E-state index >= 15 is 0 Å². The summed E-state index contributed by atoms with van der Waals surface area (Å²) < 4.78 is 60.6. The normalized spacial score (nSPS) is 21.4. The molecule has 3 aromatic carbocycles. The number of nitrogens with zero attached hydrogens (tertiary/aromatic N) is 3. The van der Waals surface area contributed by atoms with E-state index in [1.54, 1.807) is 28.6 Å². The predicted molar refractivity (Wildman–Crippen MR) is 187 cm³/mol. The highest BCUT2D eigenvalue weighted by molar-refractivity contribution is 7.99. The van der Waals surface area contributed by atoms with Crippen LogP contribution in [0.25, 0.3) is 0 Å². The number of fused-ring (bicyclic) bond motifs is 2. The standard InChI is InChI=1S/C34H37N5O6S3/c1-38-17-3-6-30(38)37-47(42,43)27-5-2-4-25(21-27)36-33(41)24-11-14-29-28(20-24)34(15-18-46-19-16-34)31(22-7-8-22)39(29)48(44,45)26-12-9-23(10-13-26)32(35)40/h2,4-5,9-14,20-22,31H,3,6-8,15-19H2,1H3,(H2,35,40)(H,36,41). The van der Waals surface area contributed by atoms with Gasteiger partial charge in [-0.15, -0.1) is 4.40 Å². The van der Waals surface area contributed by atoms with Crippen molar-refractivity contribution in [3.8, 4) is 0 Å². The van der Waals surface area contributed by atoms with Crippen molar-refractivity contribution in [2.45, 2.75) is 59.8 Å². The van der Waals surface area contributed by atoms with E-state index in [1.165, 1.54) is 36.4 Å². The first-order valence-corrected chi connectivity index (χ1v) is 20.1. The maximum atomic E-state index is 14.4. The molecule has 11 nitrogen and oxygen atoms in total. The summed E-state index contributed by atoms with van der Waals surface area (Å²) in [5.74, 6) is 1.39. The van der Waals surface area contributed by atoms with Crippen LogP contribution in [-0.4, -0.2) is 70.5 Å². The molecule has 0 aromatic heterocycles. The minimum atomic E-state index is -4.03. The van der Waals surface area contributed by atoms with Crippen molar-refractivity contribution in [1.82, 2.24) is 4.90 Å².